The van der Waals surface area contributed by atoms with Gasteiger partial charge in [0, 0.05) is 6.07 Å². The predicted molar refractivity (Wildman–Crippen MR) is 103 cm³/mol. The average Bonchev–Trinajstić information content (AvgIpc) is 3.04. The quantitative estimate of drug-likeness (QED) is 0.542. The van der Waals surface area contributed by atoms with Gasteiger partial charge in [-0.1, -0.05) is 23.7 Å². The van der Waals surface area contributed by atoms with E-state index in [-0.39, 0.29) is 18.0 Å². The molecule has 1 aromatic carbocycles. The lowest BCUT2D eigenvalue weighted by atomic mass is 10.1. The maximum absolute atomic E-state index is 13.1. The van der Waals surface area contributed by atoms with E-state index in [0.717, 1.165) is 5.56 Å². The number of aromatic nitrogens is 4. The largest absolute Gasteiger partial charge is 0.475 e. The van der Waals surface area contributed by atoms with Crippen molar-refractivity contribution in [1.82, 2.24) is 20.2 Å². The van der Waals surface area contributed by atoms with Gasteiger partial charge in [-0.05, 0) is 38.5 Å². The molecule has 3 rings (SSSR count). The lowest BCUT2D eigenvalue weighted by Crippen LogP contribution is -2.10. The fraction of sp³-hybridized carbons (Fsp3) is 0.278. The third-order valence-electron chi connectivity index (χ3n) is 3.62. The first-order valence-corrected chi connectivity index (χ1v) is 8.82. The van der Waals surface area contributed by atoms with Crippen molar-refractivity contribution in [1.29, 1.82) is 0 Å². The molecule has 3 aromatic rings. The Hall–Kier alpha value is -2.87. The fourth-order valence-corrected chi connectivity index (χ4v) is 2.49. The second-order valence-corrected chi connectivity index (χ2v) is 6.62. The van der Waals surface area contributed by atoms with Crippen LogP contribution in [0.25, 0.3) is 0 Å². The Bertz CT molecular complexity index is 899. The topological polar surface area (TPSA) is 87.8 Å². The molecular formula is C18H20ClFN6O. The zero-order chi connectivity index (χ0) is 19.4. The summed E-state index contributed by atoms with van der Waals surface area (Å²) in [5, 5.41) is 13.4. The van der Waals surface area contributed by atoms with E-state index < -0.39 is 0 Å². The Morgan fingerprint density at radius 3 is 2.63 bits per heavy atom. The van der Waals surface area contributed by atoms with Gasteiger partial charge in [0.05, 0.1) is 18.3 Å². The minimum absolute atomic E-state index is 0.0321. The van der Waals surface area contributed by atoms with Crippen LogP contribution in [0.15, 0.2) is 36.5 Å². The number of anilines is 3. The number of H-pyrrole nitrogens is 1. The Balaban J connectivity index is 1.72. The summed E-state index contributed by atoms with van der Waals surface area (Å²) in [6, 6.07) is 7.85. The molecule has 7 nitrogen and oxygen atoms in total. The SMILES string of the molecule is CC(C)Oc1cc(Nc2nc(N[C@@H](C)c3ccc(F)cc3)ncc2Cl)n[nH]1. The van der Waals surface area contributed by atoms with E-state index in [1.54, 1.807) is 18.2 Å². The molecular weight excluding hydrogens is 371 g/mol. The zero-order valence-corrected chi connectivity index (χ0v) is 15.9. The fourth-order valence-electron chi connectivity index (χ4n) is 2.36. The first kappa shape index (κ1) is 18.9. The average molecular weight is 391 g/mol. The van der Waals surface area contributed by atoms with Gasteiger partial charge in [0.15, 0.2) is 11.6 Å². The number of rotatable bonds is 7. The van der Waals surface area contributed by atoms with E-state index >= 15 is 0 Å². The van der Waals surface area contributed by atoms with Gasteiger partial charge in [0.25, 0.3) is 0 Å². The molecule has 142 valence electrons. The van der Waals surface area contributed by atoms with Crippen molar-refractivity contribution in [3.63, 3.8) is 0 Å². The van der Waals surface area contributed by atoms with E-state index in [9.17, 15) is 4.39 Å². The van der Waals surface area contributed by atoms with E-state index in [2.05, 4.69) is 30.8 Å². The number of nitrogens with one attached hydrogen (secondary N) is 3. The lowest BCUT2D eigenvalue weighted by molar-refractivity contribution is 0.232. The van der Waals surface area contributed by atoms with E-state index in [0.29, 0.717) is 28.5 Å². The molecule has 3 N–H and O–H groups in total. The summed E-state index contributed by atoms with van der Waals surface area (Å²) in [6.45, 7) is 5.78. The van der Waals surface area contributed by atoms with Gasteiger partial charge in [-0.3, -0.25) is 0 Å². The summed E-state index contributed by atoms with van der Waals surface area (Å²) < 4.78 is 18.6. The number of nitrogens with zero attached hydrogens (tertiary/aromatic N) is 3. The van der Waals surface area contributed by atoms with Crippen LogP contribution in [0.4, 0.5) is 22.0 Å². The Morgan fingerprint density at radius 1 is 1.19 bits per heavy atom. The summed E-state index contributed by atoms with van der Waals surface area (Å²) in [7, 11) is 0. The first-order valence-electron chi connectivity index (χ1n) is 8.44. The monoisotopic (exact) mass is 390 g/mol. The molecule has 0 aliphatic carbocycles. The number of ether oxygens (including phenoxy) is 1. The molecule has 0 saturated heterocycles. The van der Waals surface area contributed by atoms with E-state index in [4.69, 9.17) is 16.3 Å². The number of hydrogen-bond donors (Lipinski definition) is 3. The molecule has 0 amide bonds. The highest BCUT2D eigenvalue weighted by atomic mass is 35.5. The third-order valence-corrected chi connectivity index (χ3v) is 3.90. The number of benzene rings is 1. The molecule has 0 bridgehead atoms. The van der Waals surface area contributed by atoms with E-state index in [1.807, 2.05) is 20.8 Å². The van der Waals surface area contributed by atoms with Crippen molar-refractivity contribution in [2.24, 2.45) is 0 Å². The van der Waals surface area contributed by atoms with Crippen molar-refractivity contribution in [3.05, 3.63) is 52.9 Å². The Labute approximate surface area is 161 Å². The maximum Gasteiger partial charge on any atom is 0.225 e. The van der Waals surface area contributed by atoms with Crippen molar-refractivity contribution < 1.29 is 9.13 Å². The van der Waals surface area contributed by atoms with Gasteiger partial charge < -0.3 is 15.4 Å². The lowest BCUT2D eigenvalue weighted by Gasteiger charge is -2.15. The highest BCUT2D eigenvalue weighted by Crippen LogP contribution is 2.26. The van der Waals surface area contributed by atoms with Crippen LogP contribution in [-0.2, 0) is 0 Å². The Morgan fingerprint density at radius 2 is 1.93 bits per heavy atom. The number of aromatic amines is 1. The normalized spacial score (nSPS) is 12.1. The van der Waals surface area contributed by atoms with Gasteiger partial charge in [-0.15, -0.1) is 0 Å². The molecule has 0 saturated carbocycles. The van der Waals surface area contributed by atoms with Crippen LogP contribution >= 0.6 is 11.6 Å². The molecule has 0 unspecified atom stereocenters. The minimum atomic E-state index is -0.278. The molecule has 0 fully saturated rings. The minimum Gasteiger partial charge on any atom is -0.475 e. The summed E-state index contributed by atoms with van der Waals surface area (Å²) in [6.07, 6.45) is 1.53. The molecule has 9 heteroatoms. The molecule has 0 radical (unpaired) electrons. The highest BCUT2D eigenvalue weighted by molar-refractivity contribution is 6.32. The van der Waals surface area contributed by atoms with Crippen molar-refractivity contribution >= 4 is 29.2 Å². The van der Waals surface area contributed by atoms with Crippen LogP contribution in [0, 0.1) is 5.82 Å². The summed E-state index contributed by atoms with van der Waals surface area (Å²) in [5.41, 5.74) is 0.909. The molecule has 0 aliphatic rings. The van der Waals surface area contributed by atoms with Crippen molar-refractivity contribution in [2.75, 3.05) is 10.6 Å². The van der Waals surface area contributed by atoms with Gasteiger partial charge in [0.1, 0.15) is 10.8 Å². The van der Waals surface area contributed by atoms with Crippen molar-refractivity contribution in [3.8, 4) is 5.88 Å². The summed E-state index contributed by atoms with van der Waals surface area (Å²) in [4.78, 5) is 8.57. The number of halogens is 2. The summed E-state index contributed by atoms with van der Waals surface area (Å²) >= 11 is 6.18. The van der Waals surface area contributed by atoms with Gasteiger partial charge in [-0.25, -0.2) is 14.5 Å². The van der Waals surface area contributed by atoms with Crippen LogP contribution in [0.3, 0.4) is 0 Å². The maximum atomic E-state index is 13.1. The molecule has 2 heterocycles. The molecule has 0 spiro atoms. The van der Waals surface area contributed by atoms with Crippen LogP contribution in [0.1, 0.15) is 32.4 Å². The van der Waals surface area contributed by atoms with Crippen LogP contribution < -0.4 is 15.4 Å². The van der Waals surface area contributed by atoms with Crippen molar-refractivity contribution in [2.45, 2.75) is 32.9 Å². The first-order chi connectivity index (χ1) is 12.9. The third kappa shape index (κ3) is 5.07. The Kier molecular flexibility index (Phi) is 5.75. The van der Waals surface area contributed by atoms with Crippen LogP contribution in [0.2, 0.25) is 5.02 Å². The van der Waals surface area contributed by atoms with E-state index in [1.165, 1.54) is 18.3 Å². The van der Waals surface area contributed by atoms with Gasteiger partial charge in [-0.2, -0.15) is 10.1 Å². The second-order valence-electron chi connectivity index (χ2n) is 6.22. The smallest absolute Gasteiger partial charge is 0.225 e. The molecule has 2 aromatic heterocycles. The highest BCUT2D eigenvalue weighted by Gasteiger charge is 2.12. The number of hydrogen-bond acceptors (Lipinski definition) is 6. The second kappa shape index (κ2) is 8.22. The molecule has 0 aliphatic heterocycles. The summed E-state index contributed by atoms with van der Waals surface area (Å²) in [5.74, 6) is 1.57. The predicted octanol–water partition coefficient (Wildman–Crippen LogP) is 4.70. The standard InChI is InChI=1S/C18H20ClFN6O/c1-10(2)27-16-8-15(25-26-16)23-17-14(19)9-21-18(24-17)22-11(3)12-4-6-13(20)7-5-12/h4-11H,1-3H3,(H3,21,22,23,24,25,26)/t11-/m0/s1. The molecule has 1 atom stereocenters. The molecule has 27 heavy (non-hydrogen) atoms. The zero-order valence-electron chi connectivity index (χ0n) is 15.1. The van der Waals surface area contributed by atoms with Crippen LogP contribution in [0.5, 0.6) is 5.88 Å². The van der Waals surface area contributed by atoms with Crippen LogP contribution in [-0.4, -0.2) is 26.3 Å². The van der Waals surface area contributed by atoms with Gasteiger partial charge >= 0.3 is 0 Å². The van der Waals surface area contributed by atoms with Gasteiger partial charge in [0.2, 0.25) is 11.8 Å².